The van der Waals surface area contributed by atoms with Crippen molar-refractivity contribution < 1.29 is 4.74 Å². The first kappa shape index (κ1) is 15.9. The number of hydrogen-bond acceptors (Lipinski definition) is 3. The summed E-state index contributed by atoms with van der Waals surface area (Å²) in [7, 11) is 0. The second-order valence-corrected chi connectivity index (χ2v) is 6.00. The fraction of sp³-hybridized carbons (Fsp3) is 0.600. The Morgan fingerprint density at radius 3 is 2.85 bits per heavy atom. The van der Waals surface area contributed by atoms with E-state index in [1.54, 1.807) is 6.07 Å². The van der Waals surface area contributed by atoms with Gasteiger partial charge in [-0.25, -0.2) is 0 Å². The van der Waals surface area contributed by atoms with Gasteiger partial charge in [0.05, 0.1) is 16.7 Å². The zero-order chi connectivity index (χ0) is 14.5. The monoisotopic (exact) mass is 316 g/mol. The SMILES string of the molecule is CCOc1ccc(Cl)c(Cl)c1CCN1CC[C@@H](CN)C1. The van der Waals surface area contributed by atoms with Gasteiger partial charge in [-0.1, -0.05) is 23.2 Å². The maximum atomic E-state index is 6.33. The zero-order valence-electron chi connectivity index (χ0n) is 11.9. The summed E-state index contributed by atoms with van der Waals surface area (Å²) in [6.45, 7) is 6.54. The number of halogens is 2. The van der Waals surface area contributed by atoms with E-state index < -0.39 is 0 Å². The third-order valence-corrected chi connectivity index (χ3v) is 4.68. The van der Waals surface area contributed by atoms with E-state index in [1.165, 1.54) is 6.42 Å². The van der Waals surface area contributed by atoms with Crippen molar-refractivity contribution in [3.05, 3.63) is 27.7 Å². The summed E-state index contributed by atoms with van der Waals surface area (Å²) in [5.41, 5.74) is 6.74. The van der Waals surface area contributed by atoms with Crippen molar-refractivity contribution in [2.45, 2.75) is 19.8 Å². The fourth-order valence-corrected chi connectivity index (χ4v) is 3.10. The normalized spacial score (nSPS) is 19.5. The minimum Gasteiger partial charge on any atom is -0.494 e. The molecule has 1 heterocycles. The molecular formula is C15H22Cl2N2O. The highest BCUT2D eigenvalue weighted by molar-refractivity contribution is 6.42. The van der Waals surface area contributed by atoms with Crippen molar-refractivity contribution in [2.75, 3.05) is 32.8 Å². The predicted molar refractivity (Wildman–Crippen MR) is 84.9 cm³/mol. The second kappa shape index (κ2) is 7.51. The molecule has 0 saturated carbocycles. The molecule has 0 spiro atoms. The minimum absolute atomic E-state index is 0.589. The highest BCUT2D eigenvalue weighted by Crippen LogP contribution is 2.33. The molecule has 1 aliphatic heterocycles. The van der Waals surface area contributed by atoms with Crippen molar-refractivity contribution in [3.63, 3.8) is 0 Å². The standard InChI is InChI=1S/C15H22Cl2N2O/c1-2-20-14-4-3-13(16)15(17)12(14)6-8-19-7-5-11(9-18)10-19/h3-4,11H,2,5-10,18H2,1H3/t11-/m0/s1. The van der Waals surface area contributed by atoms with Gasteiger partial charge in [0.15, 0.2) is 0 Å². The summed E-state index contributed by atoms with van der Waals surface area (Å²) in [4.78, 5) is 2.44. The van der Waals surface area contributed by atoms with Crippen LogP contribution in [0.5, 0.6) is 5.75 Å². The summed E-state index contributed by atoms with van der Waals surface area (Å²) in [5.74, 6) is 1.48. The van der Waals surface area contributed by atoms with E-state index in [4.69, 9.17) is 33.7 Å². The average Bonchev–Trinajstić information content (AvgIpc) is 2.91. The number of rotatable bonds is 6. The third kappa shape index (κ3) is 3.79. The molecule has 1 aromatic carbocycles. The van der Waals surface area contributed by atoms with E-state index in [9.17, 15) is 0 Å². The number of nitrogens with two attached hydrogens (primary N) is 1. The molecule has 1 aliphatic rings. The largest absolute Gasteiger partial charge is 0.494 e. The maximum absolute atomic E-state index is 6.33. The Labute approximate surface area is 131 Å². The summed E-state index contributed by atoms with van der Waals surface area (Å²) < 4.78 is 5.65. The van der Waals surface area contributed by atoms with Gasteiger partial charge in [-0.15, -0.1) is 0 Å². The van der Waals surface area contributed by atoms with Gasteiger partial charge in [0.1, 0.15) is 5.75 Å². The van der Waals surface area contributed by atoms with Crippen molar-refractivity contribution in [2.24, 2.45) is 11.7 Å². The second-order valence-electron chi connectivity index (χ2n) is 5.21. The molecule has 3 nitrogen and oxygen atoms in total. The molecule has 2 rings (SSSR count). The Bertz CT molecular complexity index is 454. The Balaban J connectivity index is 2.03. The van der Waals surface area contributed by atoms with Crippen molar-refractivity contribution in [1.82, 2.24) is 4.90 Å². The first-order valence-corrected chi connectivity index (χ1v) is 7.93. The molecule has 0 radical (unpaired) electrons. The van der Waals surface area contributed by atoms with E-state index in [1.807, 2.05) is 13.0 Å². The molecule has 0 aliphatic carbocycles. The van der Waals surface area contributed by atoms with Crippen LogP contribution in [0.4, 0.5) is 0 Å². The number of hydrogen-bond donors (Lipinski definition) is 1. The smallest absolute Gasteiger partial charge is 0.124 e. The Hall–Kier alpha value is -0.480. The molecule has 5 heteroatoms. The van der Waals surface area contributed by atoms with Crippen molar-refractivity contribution >= 4 is 23.2 Å². The zero-order valence-corrected chi connectivity index (χ0v) is 13.4. The van der Waals surface area contributed by atoms with Gasteiger partial charge in [0.2, 0.25) is 0 Å². The molecule has 0 bridgehead atoms. The molecule has 20 heavy (non-hydrogen) atoms. The van der Waals surface area contributed by atoms with Crippen LogP contribution in [0.25, 0.3) is 0 Å². The Morgan fingerprint density at radius 1 is 1.40 bits per heavy atom. The van der Waals surface area contributed by atoms with Crippen molar-refractivity contribution in [1.29, 1.82) is 0 Å². The number of ether oxygens (including phenoxy) is 1. The van der Waals surface area contributed by atoms with Gasteiger partial charge in [0, 0.05) is 18.7 Å². The summed E-state index contributed by atoms with van der Waals surface area (Å²) >= 11 is 12.4. The van der Waals surface area contributed by atoms with E-state index in [0.717, 1.165) is 43.9 Å². The molecule has 112 valence electrons. The lowest BCUT2D eigenvalue weighted by atomic mass is 10.1. The highest BCUT2D eigenvalue weighted by atomic mass is 35.5. The van der Waals surface area contributed by atoms with E-state index in [0.29, 0.717) is 22.6 Å². The van der Waals surface area contributed by atoms with E-state index >= 15 is 0 Å². The van der Waals surface area contributed by atoms with E-state index in [2.05, 4.69) is 4.90 Å². The van der Waals surface area contributed by atoms with Crippen LogP contribution >= 0.6 is 23.2 Å². The molecule has 0 amide bonds. The Morgan fingerprint density at radius 2 is 2.20 bits per heavy atom. The van der Waals surface area contributed by atoms with Gasteiger partial charge in [-0.3, -0.25) is 0 Å². The molecular weight excluding hydrogens is 295 g/mol. The third-order valence-electron chi connectivity index (χ3n) is 3.83. The molecule has 2 N–H and O–H groups in total. The molecule has 1 fully saturated rings. The highest BCUT2D eigenvalue weighted by Gasteiger charge is 2.21. The predicted octanol–water partition coefficient (Wildman–Crippen LogP) is 3.22. The summed E-state index contributed by atoms with van der Waals surface area (Å²) in [5, 5.41) is 1.21. The van der Waals surface area contributed by atoms with Crippen LogP contribution in [-0.2, 0) is 6.42 Å². The average molecular weight is 317 g/mol. The van der Waals surface area contributed by atoms with Crippen molar-refractivity contribution in [3.8, 4) is 5.75 Å². The molecule has 1 saturated heterocycles. The van der Waals surface area contributed by atoms with Crippen LogP contribution in [0.3, 0.4) is 0 Å². The first-order chi connectivity index (χ1) is 9.65. The van der Waals surface area contributed by atoms with Crippen LogP contribution in [0, 0.1) is 5.92 Å². The van der Waals surface area contributed by atoms with Crippen LogP contribution in [0.15, 0.2) is 12.1 Å². The van der Waals surface area contributed by atoms with Gasteiger partial charge < -0.3 is 15.4 Å². The van der Waals surface area contributed by atoms with Crippen LogP contribution in [0.2, 0.25) is 10.0 Å². The Kier molecular flexibility index (Phi) is 5.97. The van der Waals surface area contributed by atoms with Crippen LogP contribution < -0.4 is 10.5 Å². The number of benzene rings is 1. The molecule has 0 unspecified atom stereocenters. The maximum Gasteiger partial charge on any atom is 0.124 e. The topological polar surface area (TPSA) is 38.5 Å². The lowest BCUT2D eigenvalue weighted by Gasteiger charge is -2.18. The lowest BCUT2D eigenvalue weighted by molar-refractivity contribution is 0.317. The minimum atomic E-state index is 0.589. The van der Waals surface area contributed by atoms with Gasteiger partial charge >= 0.3 is 0 Å². The van der Waals surface area contributed by atoms with Gasteiger partial charge in [-0.2, -0.15) is 0 Å². The number of likely N-dealkylation sites (tertiary alicyclic amines) is 1. The number of nitrogens with zero attached hydrogens (tertiary/aromatic N) is 1. The summed E-state index contributed by atoms with van der Waals surface area (Å²) in [6, 6.07) is 3.69. The molecule has 1 atom stereocenters. The van der Waals surface area contributed by atoms with Gasteiger partial charge in [0.25, 0.3) is 0 Å². The fourth-order valence-electron chi connectivity index (χ4n) is 2.68. The van der Waals surface area contributed by atoms with Crippen LogP contribution in [-0.4, -0.2) is 37.7 Å². The molecule has 0 aromatic heterocycles. The lowest BCUT2D eigenvalue weighted by Crippen LogP contribution is -2.25. The molecule has 1 aromatic rings. The summed E-state index contributed by atoms with van der Waals surface area (Å²) in [6.07, 6.45) is 2.05. The van der Waals surface area contributed by atoms with Crippen LogP contribution in [0.1, 0.15) is 18.9 Å². The first-order valence-electron chi connectivity index (χ1n) is 7.17. The van der Waals surface area contributed by atoms with Gasteiger partial charge in [-0.05, 0) is 50.9 Å². The van der Waals surface area contributed by atoms with E-state index in [-0.39, 0.29) is 0 Å². The quantitative estimate of drug-likeness (QED) is 0.875.